The van der Waals surface area contributed by atoms with Crippen molar-refractivity contribution in [2.75, 3.05) is 0 Å². The summed E-state index contributed by atoms with van der Waals surface area (Å²) in [4.78, 5) is 0. The van der Waals surface area contributed by atoms with Gasteiger partial charge in [0.2, 0.25) is 0 Å². The third kappa shape index (κ3) is 1.58. The lowest BCUT2D eigenvalue weighted by atomic mass is 10.2. The minimum atomic E-state index is 0.582. The van der Waals surface area contributed by atoms with Crippen LogP contribution in [0.25, 0.3) is 0 Å². The third-order valence-corrected chi connectivity index (χ3v) is 2.09. The first kappa shape index (κ1) is 7.76. The number of halogens is 1. The first-order valence-electron chi connectivity index (χ1n) is 3.04. The summed E-state index contributed by atoms with van der Waals surface area (Å²) >= 11 is 3.37. The Labute approximate surface area is 69.4 Å². The van der Waals surface area contributed by atoms with Crippen molar-refractivity contribution < 1.29 is 0 Å². The van der Waals surface area contributed by atoms with Crippen LogP contribution in [0.5, 0.6) is 0 Å². The van der Waals surface area contributed by atoms with Crippen molar-refractivity contribution in [2.45, 2.75) is 6.54 Å². The first-order valence-corrected chi connectivity index (χ1v) is 3.84. The van der Waals surface area contributed by atoms with Crippen molar-refractivity contribution in [3.63, 3.8) is 0 Å². The van der Waals surface area contributed by atoms with Gasteiger partial charge in [-0.05, 0) is 24.1 Å². The lowest BCUT2D eigenvalue weighted by molar-refractivity contribution is 1.07. The molecule has 1 radical (unpaired) electrons. The smallest absolute Gasteiger partial charge is 0.0210 e. The van der Waals surface area contributed by atoms with E-state index in [2.05, 4.69) is 22.9 Å². The minimum absolute atomic E-state index is 0.582. The number of hydrogen-bond donors (Lipinski definition) is 1. The molecule has 1 nitrogen and oxygen atoms in total. The molecule has 0 saturated carbocycles. The molecule has 0 aliphatic heterocycles. The van der Waals surface area contributed by atoms with Crippen LogP contribution in [0.4, 0.5) is 0 Å². The maximum absolute atomic E-state index is 5.43. The van der Waals surface area contributed by atoms with Gasteiger partial charge in [-0.15, -0.1) is 0 Å². The van der Waals surface area contributed by atoms with Gasteiger partial charge in [-0.2, -0.15) is 0 Å². The van der Waals surface area contributed by atoms with Gasteiger partial charge in [0.25, 0.3) is 0 Å². The molecule has 1 aromatic carbocycles. The quantitative estimate of drug-likeness (QED) is 0.736. The zero-order chi connectivity index (χ0) is 7.56. The molecule has 53 valence electrons. The molecule has 0 aromatic heterocycles. The molecule has 1 rings (SSSR count). The normalized spacial score (nSPS) is 9.90. The molecule has 2 heteroatoms. The number of hydrogen-bond acceptors (Lipinski definition) is 1. The Bertz CT molecular complexity index is 233. The molecule has 2 N–H and O–H groups in total. The maximum Gasteiger partial charge on any atom is 0.0210 e. The van der Waals surface area contributed by atoms with E-state index in [0.717, 1.165) is 15.6 Å². The summed E-state index contributed by atoms with van der Waals surface area (Å²) < 4.78 is 1.02. The van der Waals surface area contributed by atoms with Crippen LogP contribution in [0.15, 0.2) is 22.7 Å². The van der Waals surface area contributed by atoms with E-state index in [9.17, 15) is 0 Å². The maximum atomic E-state index is 5.43. The van der Waals surface area contributed by atoms with E-state index in [1.165, 1.54) is 0 Å². The van der Waals surface area contributed by atoms with Crippen molar-refractivity contribution in [1.29, 1.82) is 0 Å². The van der Waals surface area contributed by atoms with Gasteiger partial charge in [-0.25, -0.2) is 0 Å². The fourth-order valence-corrected chi connectivity index (χ4v) is 1.14. The van der Waals surface area contributed by atoms with Crippen LogP contribution >= 0.6 is 15.9 Å². The third-order valence-electron chi connectivity index (χ3n) is 1.35. The molecule has 0 aliphatic rings. The molecule has 0 bridgehead atoms. The molecule has 0 fully saturated rings. The van der Waals surface area contributed by atoms with Gasteiger partial charge >= 0.3 is 0 Å². The average molecular weight is 199 g/mol. The second-order valence-electron chi connectivity index (χ2n) is 2.13. The van der Waals surface area contributed by atoms with Gasteiger partial charge in [0.15, 0.2) is 0 Å². The molecule has 10 heavy (non-hydrogen) atoms. The fourth-order valence-electron chi connectivity index (χ4n) is 0.718. The highest BCUT2D eigenvalue weighted by Gasteiger charge is 1.93. The molecule has 0 amide bonds. The zero-order valence-electron chi connectivity index (χ0n) is 5.60. The summed E-state index contributed by atoms with van der Waals surface area (Å²) in [6.07, 6.45) is 0. The SMILES string of the molecule is [CH2]c1ccc(CN)cc1Br. The number of rotatable bonds is 1. The van der Waals surface area contributed by atoms with Gasteiger partial charge in [0, 0.05) is 11.0 Å². The van der Waals surface area contributed by atoms with E-state index < -0.39 is 0 Å². The Balaban J connectivity index is 3.04. The summed E-state index contributed by atoms with van der Waals surface area (Å²) in [5, 5.41) is 0. The Kier molecular flexibility index (Phi) is 2.46. The number of benzene rings is 1. The molecule has 0 saturated heterocycles. The van der Waals surface area contributed by atoms with Crippen LogP contribution in [-0.2, 0) is 6.54 Å². The highest BCUT2D eigenvalue weighted by atomic mass is 79.9. The van der Waals surface area contributed by atoms with Gasteiger partial charge in [-0.1, -0.05) is 28.1 Å². The topological polar surface area (TPSA) is 26.0 Å². The van der Waals surface area contributed by atoms with Gasteiger partial charge in [0.1, 0.15) is 0 Å². The second-order valence-corrected chi connectivity index (χ2v) is 2.98. The van der Waals surface area contributed by atoms with Crippen LogP contribution in [0.3, 0.4) is 0 Å². The molecular formula is C8H9BrN. The fraction of sp³-hybridized carbons (Fsp3) is 0.125. The van der Waals surface area contributed by atoms with Gasteiger partial charge < -0.3 is 5.73 Å². The van der Waals surface area contributed by atoms with Crippen LogP contribution in [-0.4, -0.2) is 0 Å². The predicted molar refractivity (Wildman–Crippen MR) is 46.5 cm³/mol. The van der Waals surface area contributed by atoms with Gasteiger partial charge in [0.05, 0.1) is 0 Å². The summed E-state index contributed by atoms with van der Waals surface area (Å²) in [7, 11) is 0. The largest absolute Gasteiger partial charge is 0.326 e. The number of nitrogens with two attached hydrogens (primary N) is 1. The van der Waals surface area contributed by atoms with E-state index in [-0.39, 0.29) is 0 Å². The van der Waals surface area contributed by atoms with Crippen LogP contribution in [0.2, 0.25) is 0 Å². The van der Waals surface area contributed by atoms with Crippen LogP contribution in [0, 0.1) is 6.92 Å². The highest BCUT2D eigenvalue weighted by molar-refractivity contribution is 9.10. The zero-order valence-corrected chi connectivity index (χ0v) is 7.19. The molecule has 0 heterocycles. The predicted octanol–water partition coefficient (Wildman–Crippen LogP) is 2.09. The molecule has 0 atom stereocenters. The van der Waals surface area contributed by atoms with E-state index in [1.807, 2.05) is 18.2 Å². The van der Waals surface area contributed by atoms with Crippen molar-refractivity contribution in [2.24, 2.45) is 5.73 Å². The Hall–Kier alpha value is -0.340. The molecular weight excluding hydrogens is 190 g/mol. The van der Waals surface area contributed by atoms with Crippen LogP contribution in [0.1, 0.15) is 11.1 Å². The van der Waals surface area contributed by atoms with E-state index in [4.69, 9.17) is 5.73 Å². The van der Waals surface area contributed by atoms with E-state index in [0.29, 0.717) is 6.54 Å². The summed E-state index contributed by atoms with van der Waals surface area (Å²) in [5.74, 6) is 0. The van der Waals surface area contributed by atoms with Crippen molar-refractivity contribution in [3.8, 4) is 0 Å². The van der Waals surface area contributed by atoms with Crippen molar-refractivity contribution in [3.05, 3.63) is 40.7 Å². The van der Waals surface area contributed by atoms with Crippen LogP contribution < -0.4 is 5.73 Å². The lowest BCUT2D eigenvalue weighted by Gasteiger charge is -1.99. The van der Waals surface area contributed by atoms with Crippen molar-refractivity contribution >= 4 is 15.9 Å². The highest BCUT2D eigenvalue weighted by Crippen LogP contribution is 2.16. The molecule has 0 spiro atoms. The standard InChI is InChI=1S/C8H9BrN/c1-6-2-3-7(5-10)4-8(6)9/h2-4H,1,5,10H2. The second kappa shape index (κ2) is 3.17. The Morgan fingerprint density at radius 1 is 1.50 bits per heavy atom. The molecule has 0 aliphatic carbocycles. The van der Waals surface area contributed by atoms with Crippen molar-refractivity contribution in [1.82, 2.24) is 0 Å². The lowest BCUT2D eigenvalue weighted by Crippen LogP contribution is -1.95. The summed E-state index contributed by atoms with van der Waals surface area (Å²) in [6, 6.07) is 5.92. The minimum Gasteiger partial charge on any atom is -0.326 e. The molecule has 1 aromatic rings. The Morgan fingerprint density at radius 2 is 2.20 bits per heavy atom. The van der Waals surface area contributed by atoms with E-state index in [1.54, 1.807) is 0 Å². The average Bonchev–Trinajstić information content (AvgIpc) is 1.95. The first-order chi connectivity index (χ1) is 4.74. The molecule has 0 unspecified atom stereocenters. The van der Waals surface area contributed by atoms with E-state index >= 15 is 0 Å². The Morgan fingerprint density at radius 3 is 2.70 bits per heavy atom. The summed E-state index contributed by atoms with van der Waals surface area (Å²) in [6.45, 7) is 4.39. The van der Waals surface area contributed by atoms with Gasteiger partial charge in [-0.3, -0.25) is 0 Å². The monoisotopic (exact) mass is 198 g/mol. The summed E-state index contributed by atoms with van der Waals surface area (Å²) in [5.41, 5.74) is 7.55.